The molecule has 0 fully saturated rings. The van der Waals surface area contributed by atoms with Crippen LogP contribution in [0.5, 0.6) is 17.2 Å². The molecule has 0 aliphatic carbocycles. The van der Waals surface area contributed by atoms with Gasteiger partial charge in [-0.15, -0.1) is 0 Å². The summed E-state index contributed by atoms with van der Waals surface area (Å²) in [6.45, 7) is 3.09. The Balaban J connectivity index is 1.47. The van der Waals surface area contributed by atoms with E-state index in [2.05, 4.69) is 5.32 Å². The summed E-state index contributed by atoms with van der Waals surface area (Å²) < 4.78 is 17.3. The fourth-order valence-electron chi connectivity index (χ4n) is 3.32. The van der Waals surface area contributed by atoms with Gasteiger partial charge in [-0.2, -0.15) is 0 Å². The first-order valence-corrected chi connectivity index (χ1v) is 10.4. The van der Waals surface area contributed by atoms with Crippen molar-refractivity contribution in [1.82, 2.24) is 0 Å². The molecular weight excluding hydrogens is 414 g/mol. The molecule has 1 aliphatic rings. The normalized spacial score (nSPS) is 13.6. The van der Waals surface area contributed by atoms with E-state index in [1.165, 1.54) is 0 Å². The van der Waals surface area contributed by atoms with Crippen LogP contribution in [0.1, 0.15) is 18.1 Å². The van der Waals surface area contributed by atoms with Crippen LogP contribution in [-0.4, -0.2) is 25.7 Å². The van der Waals surface area contributed by atoms with Gasteiger partial charge in [-0.1, -0.05) is 48.0 Å². The Morgan fingerprint density at radius 1 is 0.871 bits per heavy atom. The van der Waals surface area contributed by atoms with Crippen molar-refractivity contribution in [3.05, 3.63) is 82.9 Å². The Hall–Kier alpha value is -3.44. The van der Waals surface area contributed by atoms with Crippen molar-refractivity contribution in [2.24, 2.45) is 0 Å². The lowest BCUT2D eigenvalue weighted by Gasteiger charge is -2.13. The Bertz CT molecular complexity index is 1130. The number of amides is 1. The highest BCUT2D eigenvalue weighted by Crippen LogP contribution is 2.35. The smallest absolute Gasteiger partial charge is 0.256 e. The molecule has 1 amide bonds. The fourth-order valence-corrected chi connectivity index (χ4v) is 3.51. The van der Waals surface area contributed by atoms with Gasteiger partial charge in [0.25, 0.3) is 5.91 Å². The number of halogens is 1. The van der Waals surface area contributed by atoms with E-state index >= 15 is 0 Å². The number of nitrogens with one attached hydrogen (secondary N) is 1. The molecule has 1 heterocycles. The van der Waals surface area contributed by atoms with Crippen molar-refractivity contribution >= 4 is 34.8 Å². The zero-order chi connectivity index (χ0) is 21.6. The van der Waals surface area contributed by atoms with E-state index in [1.54, 1.807) is 6.07 Å². The molecule has 0 aromatic heterocycles. The van der Waals surface area contributed by atoms with Gasteiger partial charge in [-0.05, 0) is 48.9 Å². The number of benzene rings is 3. The molecule has 1 N–H and O–H groups in total. The van der Waals surface area contributed by atoms with Gasteiger partial charge >= 0.3 is 0 Å². The van der Waals surface area contributed by atoms with Crippen LogP contribution < -0.4 is 19.5 Å². The summed E-state index contributed by atoms with van der Waals surface area (Å²) in [5.41, 5.74) is 3.19. The summed E-state index contributed by atoms with van der Waals surface area (Å²) in [7, 11) is 0. The minimum atomic E-state index is -0.115. The molecule has 0 saturated carbocycles. The third kappa shape index (κ3) is 4.84. The molecule has 0 radical (unpaired) electrons. The lowest BCUT2D eigenvalue weighted by molar-refractivity contribution is -0.110. The van der Waals surface area contributed by atoms with Crippen molar-refractivity contribution in [1.29, 1.82) is 0 Å². The Kier molecular flexibility index (Phi) is 6.43. The lowest BCUT2D eigenvalue weighted by Crippen LogP contribution is -2.10. The number of hydrogen-bond acceptors (Lipinski definition) is 4. The molecule has 158 valence electrons. The third-order valence-electron chi connectivity index (χ3n) is 4.72. The van der Waals surface area contributed by atoms with E-state index in [4.69, 9.17) is 25.8 Å². The largest absolute Gasteiger partial charge is 0.490 e. The molecule has 3 aromatic rings. The van der Waals surface area contributed by atoms with Crippen LogP contribution in [0.25, 0.3) is 11.6 Å². The van der Waals surface area contributed by atoms with Gasteiger partial charge < -0.3 is 19.5 Å². The van der Waals surface area contributed by atoms with Gasteiger partial charge in [0.2, 0.25) is 0 Å². The van der Waals surface area contributed by atoms with Gasteiger partial charge in [0.15, 0.2) is 11.5 Å². The summed E-state index contributed by atoms with van der Waals surface area (Å²) in [4.78, 5) is 12.4. The van der Waals surface area contributed by atoms with E-state index in [1.807, 2.05) is 73.7 Å². The number of para-hydroxylation sites is 2. The van der Waals surface area contributed by atoms with Gasteiger partial charge in [-0.25, -0.2) is 0 Å². The van der Waals surface area contributed by atoms with Crippen molar-refractivity contribution in [2.75, 3.05) is 25.1 Å². The van der Waals surface area contributed by atoms with Gasteiger partial charge in [-0.3, -0.25) is 4.79 Å². The minimum Gasteiger partial charge on any atom is -0.490 e. The van der Waals surface area contributed by atoms with Crippen molar-refractivity contribution in [2.45, 2.75) is 6.92 Å². The highest BCUT2D eigenvalue weighted by molar-refractivity contribution is 6.35. The SMILES string of the molecule is CCOc1cc(/C=C2/C(=O)Nc3ccccc32)ccc1OCCOc1ccccc1Cl. The first-order chi connectivity index (χ1) is 15.2. The lowest BCUT2D eigenvalue weighted by atomic mass is 10.0. The standard InChI is InChI=1S/C25H22ClNO4/c1-2-29-24-16-17(15-19-18-7-3-5-9-21(18)27-25(19)28)11-12-23(24)31-14-13-30-22-10-6-4-8-20(22)26/h3-12,15-16H,2,13-14H2,1H3,(H,27,28)/b19-15+. The van der Waals surface area contributed by atoms with Crippen molar-refractivity contribution in [3.8, 4) is 17.2 Å². The van der Waals surface area contributed by atoms with Gasteiger partial charge in [0.1, 0.15) is 19.0 Å². The van der Waals surface area contributed by atoms with Crippen molar-refractivity contribution < 1.29 is 19.0 Å². The van der Waals surface area contributed by atoms with E-state index < -0.39 is 0 Å². The number of hydrogen-bond donors (Lipinski definition) is 1. The number of anilines is 1. The zero-order valence-corrected chi connectivity index (χ0v) is 17.8. The van der Waals surface area contributed by atoms with Gasteiger partial charge in [0, 0.05) is 16.8 Å². The Labute approximate surface area is 186 Å². The number of ether oxygens (including phenoxy) is 3. The average Bonchev–Trinajstić information content (AvgIpc) is 3.09. The highest BCUT2D eigenvalue weighted by atomic mass is 35.5. The maximum Gasteiger partial charge on any atom is 0.256 e. The molecule has 1 aliphatic heterocycles. The average molecular weight is 436 g/mol. The van der Waals surface area contributed by atoms with Crippen LogP contribution in [0, 0.1) is 0 Å². The summed E-state index contributed by atoms with van der Waals surface area (Å²) in [5, 5.41) is 3.45. The second kappa shape index (κ2) is 9.58. The second-order valence-corrected chi connectivity index (χ2v) is 7.23. The van der Waals surface area contributed by atoms with Crippen LogP contribution in [0.2, 0.25) is 5.02 Å². The predicted molar refractivity (Wildman–Crippen MR) is 123 cm³/mol. The van der Waals surface area contributed by atoms with Crippen LogP contribution in [0.4, 0.5) is 5.69 Å². The Morgan fingerprint density at radius 2 is 1.61 bits per heavy atom. The van der Waals surface area contributed by atoms with E-state index in [0.29, 0.717) is 47.7 Å². The molecule has 6 heteroatoms. The molecular formula is C25H22ClNO4. The maximum absolute atomic E-state index is 12.4. The Morgan fingerprint density at radius 3 is 2.42 bits per heavy atom. The molecule has 0 bridgehead atoms. The summed E-state index contributed by atoms with van der Waals surface area (Å²) in [5.74, 6) is 1.73. The van der Waals surface area contributed by atoms with E-state index in [9.17, 15) is 4.79 Å². The summed E-state index contributed by atoms with van der Waals surface area (Å²) >= 11 is 6.10. The summed E-state index contributed by atoms with van der Waals surface area (Å²) in [6, 6.07) is 20.6. The predicted octanol–water partition coefficient (Wildman–Crippen LogP) is 5.69. The number of fused-ring (bicyclic) bond motifs is 1. The maximum atomic E-state index is 12.4. The number of carbonyl (C=O) groups excluding carboxylic acids is 1. The second-order valence-electron chi connectivity index (χ2n) is 6.82. The number of rotatable bonds is 8. The van der Waals surface area contributed by atoms with Crippen molar-refractivity contribution in [3.63, 3.8) is 0 Å². The van der Waals surface area contributed by atoms with Gasteiger partial charge in [0.05, 0.1) is 11.6 Å². The van der Waals surface area contributed by atoms with E-state index in [0.717, 1.165) is 16.8 Å². The molecule has 0 spiro atoms. The fraction of sp³-hybridized carbons (Fsp3) is 0.160. The zero-order valence-electron chi connectivity index (χ0n) is 17.1. The molecule has 5 nitrogen and oxygen atoms in total. The van der Waals surface area contributed by atoms with Crippen LogP contribution >= 0.6 is 11.6 Å². The molecule has 4 rings (SSSR count). The highest BCUT2D eigenvalue weighted by Gasteiger charge is 2.23. The van der Waals surface area contributed by atoms with Crippen LogP contribution in [0.3, 0.4) is 0 Å². The number of carbonyl (C=O) groups is 1. The molecule has 0 saturated heterocycles. The molecule has 3 aromatic carbocycles. The monoisotopic (exact) mass is 435 g/mol. The molecule has 0 atom stereocenters. The molecule has 0 unspecified atom stereocenters. The first-order valence-electron chi connectivity index (χ1n) is 10.0. The van der Waals surface area contributed by atoms with Crippen LogP contribution in [-0.2, 0) is 4.79 Å². The third-order valence-corrected chi connectivity index (χ3v) is 5.04. The van der Waals surface area contributed by atoms with Crippen LogP contribution in [0.15, 0.2) is 66.7 Å². The van der Waals surface area contributed by atoms with E-state index in [-0.39, 0.29) is 5.91 Å². The quantitative estimate of drug-likeness (QED) is 0.365. The first kappa shape index (κ1) is 20.8. The summed E-state index contributed by atoms with van der Waals surface area (Å²) in [6.07, 6.45) is 1.86. The topological polar surface area (TPSA) is 56.8 Å². The minimum absolute atomic E-state index is 0.115. The molecule has 31 heavy (non-hydrogen) atoms.